The highest BCUT2D eigenvalue weighted by molar-refractivity contribution is 5.71. The first-order chi connectivity index (χ1) is 35.0. The summed E-state index contributed by atoms with van der Waals surface area (Å²) in [4.78, 5) is 38.3. The zero-order valence-corrected chi connectivity index (χ0v) is 47.8. The topological polar surface area (TPSA) is 78.9 Å². The number of hydrogen-bond acceptors (Lipinski definition) is 6. The van der Waals surface area contributed by atoms with Gasteiger partial charge in [0.2, 0.25) is 0 Å². The van der Waals surface area contributed by atoms with E-state index in [1.165, 1.54) is 218 Å². The molecule has 1 atom stereocenters. The van der Waals surface area contributed by atoms with Crippen molar-refractivity contribution in [3.8, 4) is 0 Å². The molecular formula is C65H120O6. The van der Waals surface area contributed by atoms with Crippen LogP contribution in [0.25, 0.3) is 0 Å². The summed E-state index contributed by atoms with van der Waals surface area (Å²) in [6, 6.07) is 0. The van der Waals surface area contributed by atoms with Crippen molar-refractivity contribution >= 4 is 17.9 Å². The Bertz CT molecular complexity index is 1190. The second kappa shape index (κ2) is 60.2. The molecule has 0 saturated heterocycles. The molecule has 6 heteroatoms. The van der Waals surface area contributed by atoms with Gasteiger partial charge in [0.25, 0.3) is 0 Å². The van der Waals surface area contributed by atoms with Gasteiger partial charge in [-0.15, -0.1) is 0 Å². The van der Waals surface area contributed by atoms with Gasteiger partial charge >= 0.3 is 17.9 Å². The molecule has 0 aliphatic rings. The Morgan fingerprint density at radius 3 is 0.817 bits per heavy atom. The summed E-state index contributed by atoms with van der Waals surface area (Å²) in [5.74, 6) is -0.872. The molecule has 0 aliphatic carbocycles. The smallest absolute Gasteiger partial charge is 0.306 e. The van der Waals surface area contributed by atoms with E-state index >= 15 is 0 Å². The molecule has 0 aromatic heterocycles. The number of rotatable bonds is 58. The van der Waals surface area contributed by atoms with Gasteiger partial charge < -0.3 is 14.2 Å². The largest absolute Gasteiger partial charge is 0.462 e. The fourth-order valence-electron chi connectivity index (χ4n) is 9.35. The Morgan fingerprint density at radius 1 is 0.282 bits per heavy atom. The lowest BCUT2D eigenvalue weighted by molar-refractivity contribution is -0.167. The maximum atomic E-state index is 12.9. The Kier molecular flexibility index (Phi) is 58.2. The molecule has 0 aliphatic heterocycles. The summed E-state index contributed by atoms with van der Waals surface area (Å²) in [6.45, 7) is 6.65. The molecule has 71 heavy (non-hydrogen) atoms. The average Bonchev–Trinajstić information content (AvgIpc) is 3.37. The summed E-state index contributed by atoms with van der Waals surface area (Å²) >= 11 is 0. The van der Waals surface area contributed by atoms with Crippen LogP contribution in [0.4, 0.5) is 0 Å². The van der Waals surface area contributed by atoms with E-state index in [1.54, 1.807) is 0 Å². The van der Waals surface area contributed by atoms with Gasteiger partial charge in [-0.3, -0.25) is 14.4 Å². The second-order valence-corrected chi connectivity index (χ2v) is 21.3. The van der Waals surface area contributed by atoms with Crippen LogP contribution in [-0.4, -0.2) is 37.2 Å². The third kappa shape index (κ3) is 58.4. The molecule has 0 saturated carbocycles. The maximum absolute atomic E-state index is 12.9. The summed E-state index contributed by atoms with van der Waals surface area (Å²) in [6.07, 6.45) is 72.9. The molecule has 0 amide bonds. The van der Waals surface area contributed by atoms with Crippen LogP contribution in [0.15, 0.2) is 36.5 Å². The van der Waals surface area contributed by atoms with Gasteiger partial charge in [0.05, 0.1) is 0 Å². The SMILES string of the molecule is CCCCC/C=C\C/C=C\CCCCCCCC(=O)O[C@H](COC(=O)CCCCCCCCC/C=C\CCCCCCCC)COC(=O)CCCCCCCCCCCCCCCCCCCCCCC. The Hall–Kier alpha value is -2.37. The molecule has 0 rings (SSSR count). The van der Waals surface area contributed by atoms with Crippen LogP contribution in [-0.2, 0) is 28.6 Å². The van der Waals surface area contributed by atoms with Gasteiger partial charge in [-0.05, 0) is 77.0 Å². The Balaban J connectivity index is 4.31. The lowest BCUT2D eigenvalue weighted by atomic mass is 10.0. The quantitative estimate of drug-likeness (QED) is 0.0261. The van der Waals surface area contributed by atoms with Crippen LogP contribution in [0.3, 0.4) is 0 Å². The van der Waals surface area contributed by atoms with E-state index in [0.29, 0.717) is 19.3 Å². The Labute approximate surface area is 442 Å². The highest BCUT2D eigenvalue weighted by Crippen LogP contribution is 2.17. The summed E-state index contributed by atoms with van der Waals surface area (Å²) in [5, 5.41) is 0. The fraction of sp³-hybridized carbons (Fsp3) is 0.862. The van der Waals surface area contributed by atoms with Crippen LogP contribution in [0, 0.1) is 0 Å². The second-order valence-electron chi connectivity index (χ2n) is 21.3. The van der Waals surface area contributed by atoms with Crippen molar-refractivity contribution in [3.63, 3.8) is 0 Å². The lowest BCUT2D eigenvalue weighted by Crippen LogP contribution is -2.30. The predicted molar refractivity (Wildman–Crippen MR) is 307 cm³/mol. The normalized spacial score (nSPS) is 12.2. The third-order valence-electron chi connectivity index (χ3n) is 14.1. The van der Waals surface area contributed by atoms with E-state index in [4.69, 9.17) is 14.2 Å². The molecule has 0 spiro atoms. The van der Waals surface area contributed by atoms with Gasteiger partial charge in [-0.1, -0.05) is 282 Å². The van der Waals surface area contributed by atoms with Crippen molar-refractivity contribution in [3.05, 3.63) is 36.5 Å². The minimum absolute atomic E-state index is 0.0752. The van der Waals surface area contributed by atoms with Crippen molar-refractivity contribution in [1.82, 2.24) is 0 Å². The average molecular weight is 998 g/mol. The van der Waals surface area contributed by atoms with Crippen LogP contribution in [0.2, 0.25) is 0 Å². The van der Waals surface area contributed by atoms with E-state index in [9.17, 15) is 14.4 Å². The Morgan fingerprint density at radius 2 is 0.507 bits per heavy atom. The summed E-state index contributed by atoms with van der Waals surface area (Å²) < 4.78 is 16.9. The first-order valence-electron chi connectivity index (χ1n) is 31.5. The third-order valence-corrected chi connectivity index (χ3v) is 14.1. The molecule has 0 aromatic rings. The highest BCUT2D eigenvalue weighted by Gasteiger charge is 2.19. The number of allylic oxidation sites excluding steroid dienone is 6. The van der Waals surface area contributed by atoms with Crippen molar-refractivity contribution in [2.24, 2.45) is 0 Å². The minimum Gasteiger partial charge on any atom is -0.462 e. The maximum Gasteiger partial charge on any atom is 0.306 e. The predicted octanol–water partition coefficient (Wildman–Crippen LogP) is 21.2. The molecule has 0 heterocycles. The number of carbonyl (C=O) groups excluding carboxylic acids is 3. The number of hydrogen-bond donors (Lipinski definition) is 0. The van der Waals surface area contributed by atoms with E-state index in [1.807, 2.05) is 0 Å². The van der Waals surface area contributed by atoms with E-state index in [2.05, 4.69) is 57.2 Å². The van der Waals surface area contributed by atoms with Crippen LogP contribution in [0.5, 0.6) is 0 Å². The van der Waals surface area contributed by atoms with Gasteiger partial charge in [0.1, 0.15) is 13.2 Å². The summed E-state index contributed by atoms with van der Waals surface area (Å²) in [5.41, 5.74) is 0. The zero-order chi connectivity index (χ0) is 51.4. The van der Waals surface area contributed by atoms with Crippen LogP contribution < -0.4 is 0 Å². The van der Waals surface area contributed by atoms with Gasteiger partial charge in [0.15, 0.2) is 6.10 Å². The van der Waals surface area contributed by atoms with Crippen molar-refractivity contribution in [2.75, 3.05) is 13.2 Å². The number of esters is 3. The molecule has 0 radical (unpaired) electrons. The fourth-order valence-corrected chi connectivity index (χ4v) is 9.35. The van der Waals surface area contributed by atoms with Crippen molar-refractivity contribution < 1.29 is 28.6 Å². The first-order valence-corrected chi connectivity index (χ1v) is 31.5. The monoisotopic (exact) mass is 997 g/mol. The van der Waals surface area contributed by atoms with Gasteiger partial charge in [-0.2, -0.15) is 0 Å². The highest BCUT2D eigenvalue weighted by atomic mass is 16.6. The van der Waals surface area contributed by atoms with Gasteiger partial charge in [0, 0.05) is 19.3 Å². The molecule has 6 nitrogen and oxygen atoms in total. The summed E-state index contributed by atoms with van der Waals surface area (Å²) in [7, 11) is 0. The number of unbranched alkanes of at least 4 members (excludes halogenated alkanes) is 41. The van der Waals surface area contributed by atoms with E-state index in [0.717, 1.165) is 83.5 Å². The molecule has 0 unspecified atom stereocenters. The molecular weight excluding hydrogens is 877 g/mol. The van der Waals surface area contributed by atoms with Crippen LogP contribution >= 0.6 is 0 Å². The van der Waals surface area contributed by atoms with Crippen LogP contribution in [0.1, 0.15) is 342 Å². The van der Waals surface area contributed by atoms with E-state index < -0.39 is 6.10 Å². The standard InChI is InChI=1S/C65H120O6/c1-4-7-10-13-16-19-22-25-28-30-31-32-33-35-38-40-43-46-49-52-55-58-64(67)70-61-62(71-65(68)59-56-53-50-47-44-41-36-27-24-21-18-15-12-9-6-3)60-69-63(66)57-54-51-48-45-42-39-37-34-29-26-23-20-17-14-11-8-5-2/h18,21,26-27,29,36,62H,4-17,19-20,22-25,28,30-35,37-61H2,1-3H3/b21-18-,29-26-,36-27-/t62-/m1/s1. The molecule has 0 fully saturated rings. The molecule has 416 valence electrons. The number of ether oxygens (including phenoxy) is 3. The minimum atomic E-state index is -0.779. The van der Waals surface area contributed by atoms with Gasteiger partial charge in [-0.25, -0.2) is 0 Å². The zero-order valence-electron chi connectivity index (χ0n) is 47.8. The molecule has 0 N–H and O–H groups in total. The molecule has 0 aromatic carbocycles. The van der Waals surface area contributed by atoms with E-state index in [-0.39, 0.29) is 31.1 Å². The lowest BCUT2D eigenvalue weighted by Gasteiger charge is -2.18. The number of carbonyl (C=O) groups is 3. The van der Waals surface area contributed by atoms with Crippen molar-refractivity contribution in [1.29, 1.82) is 0 Å². The molecule has 0 bridgehead atoms. The van der Waals surface area contributed by atoms with Crippen molar-refractivity contribution in [2.45, 2.75) is 348 Å². The first kappa shape index (κ1) is 68.6.